The molecule has 0 saturated heterocycles. The largest absolute Gasteiger partial charge is 0.417 e. The number of amides is 1. The Hall–Kier alpha value is -1.13. The summed E-state index contributed by atoms with van der Waals surface area (Å²) in [7, 11) is 0. The lowest BCUT2D eigenvalue weighted by atomic mass is 10.2. The zero-order valence-corrected chi connectivity index (χ0v) is 13.7. The molecule has 0 bridgehead atoms. The maximum absolute atomic E-state index is 11.9. The number of rotatable bonds is 2. The van der Waals surface area contributed by atoms with Crippen LogP contribution in [0.15, 0.2) is 30.3 Å². The van der Waals surface area contributed by atoms with Gasteiger partial charge in [0.05, 0.1) is 15.1 Å². The molecule has 2 aromatic rings. The molecule has 3 nitrogen and oxygen atoms in total. The molecule has 7 heteroatoms. The molecule has 0 aliphatic carbocycles. The Morgan fingerprint density at radius 2 is 1.67 bits per heavy atom. The van der Waals surface area contributed by atoms with E-state index in [1.165, 1.54) is 12.1 Å². The third-order valence-corrected chi connectivity index (χ3v) is 4.11. The number of anilines is 1. The van der Waals surface area contributed by atoms with Crippen LogP contribution in [0.4, 0.5) is 10.5 Å². The minimum absolute atomic E-state index is 0.114. The number of carbonyl (C=O) groups is 1. The van der Waals surface area contributed by atoms with Crippen LogP contribution in [-0.2, 0) is 0 Å². The molecule has 110 valence electrons. The Balaban J connectivity index is 2.16. The third-order valence-electron chi connectivity index (χ3n) is 2.68. The van der Waals surface area contributed by atoms with Gasteiger partial charge in [-0.3, -0.25) is 5.32 Å². The van der Waals surface area contributed by atoms with E-state index < -0.39 is 6.09 Å². The van der Waals surface area contributed by atoms with E-state index >= 15 is 0 Å². The smallest absolute Gasteiger partial charge is 0.408 e. The van der Waals surface area contributed by atoms with Crippen LogP contribution < -0.4 is 10.1 Å². The maximum atomic E-state index is 11.9. The van der Waals surface area contributed by atoms with Gasteiger partial charge >= 0.3 is 6.09 Å². The van der Waals surface area contributed by atoms with Gasteiger partial charge in [-0.05, 0) is 30.7 Å². The number of ether oxygens (including phenoxy) is 1. The summed E-state index contributed by atoms with van der Waals surface area (Å²) in [5.41, 5.74) is 1.28. The maximum Gasteiger partial charge on any atom is 0.417 e. The van der Waals surface area contributed by atoms with Crippen molar-refractivity contribution in [1.29, 1.82) is 0 Å². The van der Waals surface area contributed by atoms with E-state index in [-0.39, 0.29) is 20.8 Å². The molecular weight excluding hydrogens is 356 g/mol. The van der Waals surface area contributed by atoms with Gasteiger partial charge in [0.1, 0.15) is 0 Å². The van der Waals surface area contributed by atoms with Gasteiger partial charge in [-0.2, -0.15) is 0 Å². The van der Waals surface area contributed by atoms with E-state index in [1.807, 2.05) is 0 Å². The normalized spacial score (nSPS) is 10.3. The summed E-state index contributed by atoms with van der Waals surface area (Å²) in [6.45, 7) is 1.78. The Morgan fingerprint density at radius 3 is 2.38 bits per heavy atom. The van der Waals surface area contributed by atoms with Crippen molar-refractivity contribution < 1.29 is 9.53 Å². The monoisotopic (exact) mass is 363 g/mol. The zero-order chi connectivity index (χ0) is 15.6. The van der Waals surface area contributed by atoms with Crippen molar-refractivity contribution in [3.8, 4) is 5.75 Å². The van der Waals surface area contributed by atoms with E-state index in [2.05, 4.69) is 5.32 Å². The number of nitrogens with one attached hydrogen (secondary N) is 1. The molecule has 0 spiro atoms. The van der Waals surface area contributed by atoms with Crippen molar-refractivity contribution in [2.24, 2.45) is 0 Å². The van der Waals surface area contributed by atoms with Crippen molar-refractivity contribution >= 4 is 58.2 Å². The van der Waals surface area contributed by atoms with E-state index in [0.29, 0.717) is 10.7 Å². The molecule has 0 aliphatic rings. The summed E-state index contributed by atoms with van der Waals surface area (Å²) in [4.78, 5) is 11.9. The van der Waals surface area contributed by atoms with Crippen molar-refractivity contribution in [3.05, 3.63) is 56.0 Å². The first-order chi connectivity index (χ1) is 9.88. The van der Waals surface area contributed by atoms with E-state index in [9.17, 15) is 4.79 Å². The first kappa shape index (κ1) is 16.2. The van der Waals surface area contributed by atoms with Gasteiger partial charge in [-0.1, -0.05) is 52.5 Å². The fourth-order valence-corrected chi connectivity index (χ4v) is 2.31. The topological polar surface area (TPSA) is 38.3 Å². The van der Waals surface area contributed by atoms with Crippen molar-refractivity contribution in [2.75, 3.05) is 5.32 Å². The highest BCUT2D eigenvalue weighted by atomic mass is 35.5. The summed E-state index contributed by atoms with van der Waals surface area (Å²) in [6.07, 6.45) is -0.708. The van der Waals surface area contributed by atoms with Gasteiger partial charge in [0.2, 0.25) is 0 Å². The molecule has 0 atom stereocenters. The summed E-state index contributed by atoms with van der Waals surface area (Å²) in [6, 6.07) is 7.93. The molecule has 0 unspecified atom stereocenters. The van der Waals surface area contributed by atoms with Crippen molar-refractivity contribution in [1.82, 2.24) is 0 Å². The van der Waals surface area contributed by atoms with Crippen LogP contribution in [0.1, 0.15) is 5.56 Å². The molecule has 2 rings (SSSR count). The van der Waals surface area contributed by atoms with Gasteiger partial charge < -0.3 is 4.74 Å². The molecule has 1 N–H and O–H groups in total. The highest BCUT2D eigenvalue weighted by Gasteiger charge is 2.13. The SMILES string of the molecule is Cc1c(Cl)cccc1NC(=O)Oc1cc(Cl)c(Cl)cc1Cl. The molecule has 1 amide bonds. The molecular formula is C14H9Cl4NO2. The van der Waals surface area contributed by atoms with E-state index in [4.69, 9.17) is 51.1 Å². The summed E-state index contributed by atoms with van der Waals surface area (Å²) >= 11 is 23.6. The summed E-state index contributed by atoms with van der Waals surface area (Å²) < 4.78 is 5.11. The first-order valence-electron chi connectivity index (χ1n) is 5.77. The van der Waals surface area contributed by atoms with Crippen LogP contribution in [0.2, 0.25) is 20.1 Å². The Morgan fingerprint density at radius 1 is 1.00 bits per heavy atom. The zero-order valence-electron chi connectivity index (χ0n) is 10.7. The molecule has 0 heterocycles. The van der Waals surface area contributed by atoms with Crippen LogP contribution in [-0.4, -0.2) is 6.09 Å². The predicted octanol–water partition coefficient (Wildman–Crippen LogP) is 6.22. The quantitative estimate of drug-likeness (QED) is 0.642. The molecule has 0 aromatic heterocycles. The molecule has 21 heavy (non-hydrogen) atoms. The molecule has 2 aromatic carbocycles. The lowest BCUT2D eigenvalue weighted by Crippen LogP contribution is -2.17. The van der Waals surface area contributed by atoms with Gasteiger partial charge in [0.15, 0.2) is 5.75 Å². The predicted molar refractivity (Wildman–Crippen MR) is 87.3 cm³/mol. The Kier molecular flexibility index (Phi) is 5.22. The van der Waals surface area contributed by atoms with E-state index in [1.54, 1.807) is 25.1 Å². The van der Waals surface area contributed by atoms with Crippen LogP contribution in [0.5, 0.6) is 5.75 Å². The van der Waals surface area contributed by atoms with Gasteiger partial charge in [0, 0.05) is 16.8 Å². The van der Waals surface area contributed by atoms with Gasteiger partial charge in [0.25, 0.3) is 0 Å². The molecule has 0 radical (unpaired) electrons. The lowest BCUT2D eigenvalue weighted by Gasteiger charge is -2.11. The van der Waals surface area contributed by atoms with Crippen LogP contribution in [0.25, 0.3) is 0 Å². The van der Waals surface area contributed by atoms with Gasteiger partial charge in [-0.15, -0.1) is 0 Å². The highest BCUT2D eigenvalue weighted by Crippen LogP contribution is 2.34. The first-order valence-corrected chi connectivity index (χ1v) is 7.28. The number of hydrogen-bond donors (Lipinski definition) is 1. The minimum atomic E-state index is -0.708. The van der Waals surface area contributed by atoms with Crippen molar-refractivity contribution in [2.45, 2.75) is 6.92 Å². The number of hydrogen-bond acceptors (Lipinski definition) is 2. The fraction of sp³-hybridized carbons (Fsp3) is 0.0714. The fourth-order valence-electron chi connectivity index (χ4n) is 1.56. The van der Waals surface area contributed by atoms with E-state index in [0.717, 1.165) is 5.56 Å². The second-order valence-corrected chi connectivity index (χ2v) is 5.75. The standard InChI is InChI=1S/C14H9Cl4NO2/c1-7-8(15)3-2-4-12(7)19-14(20)21-13-6-10(17)9(16)5-11(13)18/h2-6H,1H3,(H,19,20). The molecule has 0 fully saturated rings. The Labute approximate surface area is 141 Å². The van der Waals surface area contributed by atoms with Crippen LogP contribution >= 0.6 is 46.4 Å². The summed E-state index contributed by atoms with van der Waals surface area (Å²) in [5, 5.41) is 3.82. The number of benzene rings is 2. The Bertz CT molecular complexity index is 704. The lowest BCUT2D eigenvalue weighted by molar-refractivity contribution is 0.215. The average molecular weight is 365 g/mol. The summed E-state index contributed by atoms with van der Waals surface area (Å²) in [5.74, 6) is 0.114. The average Bonchev–Trinajstić information content (AvgIpc) is 2.41. The second kappa shape index (κ2) is 6.75. The minimum Gasteiger partial charge on any atom is -0.408 e. The number of halogens is 4. The highest BCUT2D eigenvalue weighted by molar-refractivity contribution is 6.43. The molecule has 0 saturated carbocycles. The second-order valence-electron chi connectivity index (χ2n) is 4.12. The van der Waals surface area contributed by atoms with Crippen molar-refractivity contribution in [3.63, 3.8) is 0 Å². The number of carbonyl (C=O) groups excluding carboxylic acids is 1. The third kappa shape index (κ3) is 3.95. The van der Waals surface area contributed by atoms with Crippen LogP contribution in [0, 0.1) is 6.92 Å². The molecule has 0 aliphatic heterocycles. The van der Waals surface area contributed by atoms with Crippen LogP contribution in [0.3, 0.4) is 0 Å². The van der Waals surface area contributed by atoms with Gasteiger partial charge in [-0.25, -0.2) is 4.79 Å².